The molecular weight excluding hydrogens is 332 g/mol. The van der Waals surface area contributed by atoms with Crippen molar-refractivity contribution in [1.82, 2.24) is 0 Å². The van der Waals surface area contributed by atoms with Gasteiger partial charge in [-0.25, -0.2) is 0 Å². The van der Waals surface area contributed by atoms with Crippen LogP contribution in [-0.4, -0.2) is 27.1 Å². The van der Waals surface area contributed by atoms with E-state index in [1.807, 2.05) is 31.2 Å². The predicted octanol–water partition coefficient (Wildman–Crippen LogP) is 4.66. The lowest BCUT2D eigenvalue weighted by Crippen LogP contribution is -1.96. The normalized spacial score (nSPS) is 11.1. The van der Waals surface area contributed by atoms with Crippen molar-refractivity contribution in [3.05, 3.63) is 59.4 Å². The zero-order valence-electron chi connectivity index (χ0n) is 15.2. The minimum Gasteiger partial charge on any atom is -0.496 e. The summed E-state index contributed by atoms with van der Waals surface area (Å²) in [7, 11) is 4.67. The number of allylic oxidation sites excluding steroid dienone is 1. The summed E-state index contributed by atoms with van der Waals surface area (Å²) in [6.45, 7) is 1.88. The number of benzene rings is 2. The van der Waals surface area contributed by atoms with Crippen LogP contribution in [-0.2, 0) is 0 Å². The fraction of sp³-hybridized carbons (Fsp3) is 0.190. The lowest BCUT2D eigenvalue weighted by atomic mass is 10.1. The van der Waals surface area contributed by atoms with E-state index in [1.165, 1.54) is 6.08 Å². The first-order valence-corrected chi connectivity index (χ1v) is 8.09. The van der Waals surface area contributed by atoms with E-state index < -0.39 is 0 Å². The lowest BCUT2D eigenvalue weighted by molar-refractivity contribution is 0.102. The van der Waals surface area contributed by atoms with Crippen LogP contribution in [0.5, 0.6) is 17.2 Å². The molecule has 0 aliphatic carbocycles. The Bertz CT molecular complexity index is 981. The van der Waals surface area contributed by atoms with Gasteiger partial charge in [-0.3, -0.25) is 4.79 Å². The fourth-order valence-electron chi connectivity index (χ4n) is 2.83. The van der Waals surface area contributed by atoms with Crippen LogP contribution in [0.3, 0.4) is 0 Å². The van der Waals surface area contributed by atoms with Crippen molar-refractivity contribution >= 4 is 22.8 Å². The van der Waals surface area contributed by atoms with E-state index in [0.717, 1.165) is 10.9 Å². The Kier molecular flexibility index (Phi) is 4.98. The van der Waals surface area contributed by atoms with E-state index >= 15 is 0 Å². The zero-order valence-corrected chi connectivity index (χ0v) is 15.2. The molecule has 1 heterocycles. The first-order chi connectivity index (χ1) is 12.6. The van der Waals surface area contributed by atoms with Gasteiger partial charge in [0, 0.05) is 22.6 Å². The number of furan rings is 1. The number of carbonyl (C=O) groups is 1. The second-order valence-corrected chi connectivity index (χ2v) is 5.70. The number of para-hydroxylation sites is 1. The molecule has 0 fully saturated rings. The summed E-state index contributed by atoms with van der Waals surface area (Å²) in [6.07, 6.45) is 3.14. The van der Waals surface area contributed by atoms with Gasteiger partial charge in [0.2, 0.25) is 5.78 Å². The number of aryl methyl sites for hydroxylation is 1. The van der Waals surface area contributed by atoms with Gasteiger partial charge in [-0.05, 0) is 31.2 Å². The molecule has 5 nitrogen and oxygen atoms in total. The number of carbonyl (C=O) groups excluding carboxylic acids is 1. The average molecular weight is 352 g/mol. The molecule has 0 bridgehead atoms. The van der Waals surface area contributed by atoms with Gasteiger partial charge in [0.1, 0.15) is 11.3 Å². The highest BCUT2D eigenvalue weighted by Crippen LogP contribution is 2.35. The SMILES string of the molecule is COc1cc(OC)c(OC)cc1/C=C/C(=O)c1oc2ccccc2c1C. The molecule has 0 N–H and O–H groups in total. The first-order valence-electron chi connectivity index (χ1n) is 8.09. The minimum absolute atomic E-state index is 0.212. The fourth-order valence-corrected chi connectivity index (χ4v) is 2.83. The monoisotopic (exact) mass is 352 g/mol. The number of ketones is 1. The summed E-state index contributed by atoms with van der Waals surface area (Å²) < 4.78 is 21.7. The highest BCUT2D eigenvalue weighted by molar-refractivity contribution is 6.08. The third-order valence-electron chi connectivity index (χ3n) is 4.22. The van der Waals surface area contributed by atoms with Crippen LogP contribution in [0.25, 0.3) is 17.0 Å². The molecule has 0 aliphatic rings. The summed E-state index contributed by atoms with van der Waals surface area (Å²) in [6, 6.07) is 11.1. The van der Waals surface area contributed by atoms with E-state index in [4.69, 9.17) is 18.6 Å². The van der Waals surface area contributed by atoms with Gasteiger partial charge in [-0.15, -0.1) is 0 Å². The molecule has 3 aromatic rings. The molecule has 0 saturated carbocycles. The van der Waals surface area contributed by atoms with Crippen LogP contribution in [0.4, 0.5) is 0 Å². The number of methoxy groups -OCH3 is 3. The summed E-state index contributed by atoms with van der Waals surface area (Å²) >= 11 is 0. The van der Waals surface area contributed by atoms with Crippen molar-refractivity contribution in [3.63, 3.8) is 0 Å². The maximum atomic E-state index is 12.6. The Morgan fingerprint density at radius 2 is 1.62 bits per heavy atom. The maximum Gasteiger partial charge on any atom is 0.221 e. The molecule has 0 saturated heterocycles. The van der Waals surface area contributed by atoms with Gasteiger partial charge in [0.15, 0.2) is 17.3 Å². The van der Waals surface area contributed by atoms with Crippen molar-refractivity contribution in [3.8, 4) is 17.2 Å². The number of hydrogen-bond acceptors (Lipinski definition) is 5. The maximum absolute atomic E-state index is 12.6. The van der Waals surface area contributed by atoms with Crippen LogP contribution in [0.1, 0.15) is 21.7 Å². The standard InChI is InChI=1S/C21H20O5/c1-13-15-7-5-6-8-17(15)26-21(13)16(22)10-9-14-11-19(24-3)20(25-4)12-18(14)23-2/h5-12H,1-4H3/b10-9+. The highest BCUT2D eigenvalue weighted by Gasteiger charge is 2.16. The second kappa shape index (κ2) is 7.35. The second-order valence-electron chi connectivity index (χ2n) is 5.70. The van der Waals surface area contributed by atoms with Gasteiger partial charge in [0.25, 0.3) is 0 Å². The number of fused-ring (bicyclic) bond motifs is 1. The Hall–Kier alpha value is -3.21. The molecule has 0 unspecified atom stereocenters. The molecule has 134 valence electrons. The largest absolute Gasteiger partial charge is 0.496 e. The number of ether oxygens (including phenoxy) is 3. The van der Waals surface area contributed by atoms with E-state index in [2.05, 4.69) is 0 Å². The Morgan fingerprint density at radius 1 is 0.962 bits per heavy atom. The van der Waals surface area contributed by atoms with Gasteiger partial charge in [-0.1, -0.05) is 18.2 Å². The van der Waals surface area contributed by atoms with Gasteiger partial charge in [-0.2, -0.15) is 0 Å². The molecule has 5 heteroatoms. The Balaban J connectivity index is 1.96. The van der Waals surface area contributed by atoms with E-state index in [-0.39, 0.29) is 5.78 Å². The smallest absolute Gasteiger partial charge is 0.221 e. The van der Waals surface area contributed by atoms with Crippen molar-refractivity contribution in [2.75, 3.05) is 21.3 Å². The van der Waals surface area contributed by atoms with Crippen LogP contribution in [0.15, 0.2) is 46.9 Å². The molecule has 26 heavy (non-hydrogen) atoms. The molecule has 0 radical (unpaired) electrons. The topological polar surface area (TPSA) is 57.9 Å². The molecule has 0 atom stereocenters. The number of rotatable bonds is 6. The van der Waals surface area contributed by atoms with Crippen LogP contribution < -0.4 is 14.2 Å². The van der Waals surface area contributed by atoms with E-state index in [0.29, 0.717) is 34.2 Å². The summed E-state index contributed by atoms with van der Waals surface area (Å²) in [4.78, 5) is 12.6. The molecule has 3 rings (SSSR count). The quantitative estimate of drug-likeness (QED) is 0.477. The van der Waals surface area contributed by atoms with Crippen molar-refractivity contribution in [2.24, 2.45) is 0 Å². The zero-order chi connectivity index (χ0) is 18.7. The minimum atomic E-state index is -0.212. The van der Waals surface area contributed by atoms with E-state index in [1.54, 1.807) is 39.5 Å². The van der Waals surface area contributed by atoms with Crippen LogP contribution in [0.2, 0.25) is 0 Å². The Morgan fingerprint density at radius 3 is 2.27 bits per heavy atom. The molecule has 0 spiro atoms. The van der Waals surface area contributed by atoms with Crippen LogP contribution >= 0.6 is 0 Å². The molecule has 1 aromatic heterocycles. The number of hydrogen-bond donors (Lipinski definition) is 0. The summed E-state index contributed by atoms with van der Waals surface area (Å²) in [5, 5.41) is 0.938. The van der Waals surface area contributed by atoms with Crippen molar-refractivity contribution < 1.29 is 23.4 Å². The third kappa shape index (κ3) is 3.16. The highest BCUT2D eigenvalue weighted by atomic mass is 16.5. The average Bonchev–Trinajstić information content (AvgIpc) is 3.02. The van der Waals surface area contributed by atoms with Crippen LogP contribution in [0, 0.1) is 6.92 Å². The Labute approximate surface area is 151 Å². The van der Waals surface area contributed by atoms with Gasteiger partial charge < -0.3 is 18.6 Å². The van der Waals surface area contributed by atoms with Crippen molar-refractivity contribution in [2.45, 2.75) is 6.92 Å². The molecular formula is C21H20O5. The lowest BCUT2D eigenvalue weighted by Gasteiger charge is -2.12. The first kappa shape index (κ1) is 17.6. The van der Waals surface area contributed by atoms with Gasteiger partial charge in [0.05, 0.1) is 21.3 Å². The van der Waals surface area contributed by atoms with Gasteiger partial charge >= 0.3 is 0 Å². The predicted molar refractivity (Wildman–Crippen MR) is 100 cm³/mol. The molecule has 0 aliphatic heterocycles. The summed E-state index contributed by atoms with van der Waals surface area (Å²) in [5.74, 6) is 1.81. The molecule has 2 aromatic carbocycles. The molecule has 0 amide bonds. The van der Waals surface area contributed by atoms with E-state index in [9.17, 15) is 4.79 Å². The summed E-state index contributed by atoms with van der Waals surface area (Å²) in [5.41, 5.74) is 2.23. The van der Waals surface area contributed by atoms with Crippen molar-refractivity contribution in [1.29, 1.82) is 0 Å². The third-order valence-corrected chi connectivity index (χ3v) is 4.22.